The normalized spacial score (nSPS) is 11.6. The smallest absolute Gasteiger partial charge is 0.172 e. The van der Waals surface area contributed by atoms with E-state index >= 15 is 0 Å². The zero-order valence-electron chi connectivity index (χ0n) is 10.3. The van der Waals surface area contributed by atoms with Crippen LogP contribution in [-0.4, -0.2) is 11.0 Å². The number of halogens is 1. The fourth-order valence-corrected chi connectivity index (χ4v) is 3.13. The van der Waals surface area contributed by atoms with E-state index in [1.165, 1.54) is 17.3 Å². The van der Waals surface area contributed by atoms with Gasteiger partial charge in [0.2, 0.25) is 0 Å². The summed E-state index contributed by atoms with van der Waals surface area (Å²) >= 11 is 7.65. The molecule has 0 aliphatic carbocycles. The molecule has 0 unspecified atom stereocenters. The molecular formula is C14H13ClN2OS. The maximum atomic E-state index is 8.84. The first kappa shape index (κ1) is 13.8. The van der Waals surface area contributed by atoms with Crippen molar-refractivity contribution >= 4 is 29.2 Å². The summed E-state index contributed by atoms with van der Waals surface area (Å²) < 4.78 is 0. The van der Waals surface area contributed by atoms with Crippen molar-refractivity contribution in [3.63, 3.8) is 0 Å². The van der Waals surface area contributed by atoms with E-state index in [0.717, 1.165) is 9.79 Å². The van der Waals surface area contributed by atoms with Gasteiger partial charge < -0.3 is 10.9 Å². The van der Waals surface area contributed by atoms with Crippen molar-refractivity contribution < 1.29 is 5.21 Å². The molecule has 2 rings (SSSR count). The number of nitrogens with zero attached hydrogens (tertiary/aromatic N) is 1. The fourth-order valence-electron chi connectivity index (χ4n) is 1.69. The van der Waals surface area contributed by atoms with Crippen LogP contribution in [0.15, 0.2) is 57.4 Å². The maximum absolute atomic E-state index is 8.84. The molecule has 0 saturated carbocycles. The summed E-state index contributed by atoms with van der Waals surface area (Å²) in [4.78, 5) is 1.93. The summed E-state index contributed by atoms with van der Waals surface area (Å²) in [6.45, 7) is 2.03. The van der Waals surface area contributed by atoms with Gasteiger partial charge in [0.05, 0.1) is 10.6 Å². The van der Waals surface area contributed by atoms with E-state index in [0.29, 0.717) is 10.6 Å². The van der Waals surface area contributed by atoms with E-state index in [1.807, 2.05) is 37.3 Å². The molecular weight excluding hydrogens is 280 g/mol. The molecule has 0 atom stereocenters. The first-order valence-corrected chi connectivity index (χ1v) is 6.82. The Morgan fingerprint density at radius 2 is 2.00 bits per heavy atom. The Morgan fingerprint density at radius 1 is 1.26 bits per heavy atom. The highest BCUT2D eigenvalue weighted by atomic mass is 35.5. The highest BCUT2D eigenvalue weighted by Crippen LogP contribution is 2.33. The third-order valence-electron chi connectivity index (χ3n) is 2.56. The first-order chi connectivity index (χ1) is 9.11. The van der Waals surface area contributed by atoms with Crippen LogP contribution in [0.5, 0.6) is 0 Å². The molecule has 0 spiro atoms. The average molecular weight is 293 g/mol. The van der Waals surface area contributed by atoms with Crippen LogP contribution in [0, 0.1) is 6.92 Å². The highest BCUT2D eigenvalue weighted by Gasteiger charge is 2.12. The second-order valence-corrected chi connectivity index (χ2v) is 5.54. The summed E-state index contributed by atoms with van der Waals surface area (Å²) in [7, 11) is 0. The number of aryl methyl sites for hydroxylation is 1. The largest absolute Gasteiger partial charge is 0.409 e. The van der Waals surface area contributed by atoms with Crippen LogP contribution in [0.25, 0.3) is 0 Å². The van der Waals surface area contributed by atoms with Gasteiger partial charge in [-0.1, -0.05) is 52.3 Å². The van der Waals surface area contributed by atoms with Crippen molar-refractivity contribution in [2.45, 2.75) is 16.7 Å². The van der Waals surface area contributed by atoms with Crippen LogP contribution >= 0.6 is 23.4 Å². The molecule has 0 radical (unpaired) electrons. The molecule has 98 valence electrons. The van der Waals surface area contributed by atoms with E-state index in [-0.39, 0.29) is 5.84 Å². The lowest BCUT2D eigenvalue weighted by Crippen LogP contribution is -2.14. The Balaban J connectivity index is 2.43. The molecule has 5 heteroatoms. The monoisotopic (exact) mass is 292 g/mol. The van der Waals surface area contributed by atoms with E-state index in [2.05, 4.69) is 11.2 Å². The SMILES string of the molecule is Cc1cccc(Sc2cccc(Cl)c2C(N)=NO)c1. The molecule has 0 bridgehead atoms. The topological polar surface area (TPSA) is 58.6 Å². The number of oxime groups is 1. The molecule has 0 aliphatic heterocycles. The molecule has 3 N–H and O–H groups in total. The van der Waals surface area contributed by atoms with E-state index in [1.54, 1.807) is 6.07 Å². The Kier molecular flexibility index (Phi) is 4.35. The summed E-state index contributed by atoms with van der Waals surface area (Å²) in [6, 6.07) is 13.6. The molecule has 0 amide bonds. The van der Waals surface area contributed by atoms with Crippen molar-refractivity contribution in [3.8, 4) is 0 Å². The maximum Gasteiger partial charge on any atom is 0.172 e. The predicted molar refractivity (Wildman–Crippen MR) is 79.3 cm³/mol. The van der Waals surface area contributed by atoms with Crippen LogP contribution in [0.4, 0.5) is 0 Å². The van der Waals surface area contributed by atoms with Gasteiger partial charge in [-0.2, -0.15) is 0 Å². The van der Waals surface area contributed by atoms with Crippen LogP contribution in [0.2, 0.25) is 5.02 Å². The Hall–Kier alpha value is -1.65. The summed E-state index contributed by atoms with van der Waals surface area (Å²) in [5, 5.41) is 12.3. The zero-order chi connectivity index (χ0) is 13.8. The van der Waals surface area contributed by atoms with Gasteiger partial charge in [-0.15, -0.1) is 0 Å². The first-order valence-electron chi connectivity index (χ1n) is 5.62. The van der Waals surface area contributed by atoms with Gasteiger partial charge in [0.25, 0.3) is 0 Å². The van der Waals surface area contributed by atoms with Gasteiger partial charge in [-0.25, -0.2) is 0 Å². The number of hydrogen-bond donors (Lipinski definition) is 2. The summed E-state index contributed by atoms with van der Waals surface area (Å²) in [5.74, 6) is 0.0146. The molecule has 2 aromatic carbocycles. The van der Waals surface area contributed by atoms with E-state index < -0.39 is 0 Å². The second kappa shape index (κ2) is 5.99. The lowest BCUT2D eigenvalue weighted by Gasteiger charge is -2.10. The predicted octanol–water partition coefficient (Wildman–Crippen LogP) is 3.89. The minimum Gasteiger partial charge on any atom is -0.409 e. The van der Waals surface area contributed by atoms with Gasteiger partial charge in [0.15, 0.2) is 5.84 Å². The number of amidine groups is 1. The van der Waals surface area contributed by atoms with Gasteiger partial charge >= 0.3 is 0 Å². The Labute approximate surface area is 121 Å². The molecule has 2 aromatic rings. The fraction of sp³-hybridized carbons (Fsp3) is 0.0714. The highest BCUT2D eigenvalue weighted by molar-refractivity contribution is 7.99. The third-order valence-corrected chi connectivity index (χ3v) is 3.92. The van der Waals surface area contributed by atoms with Crippen molar-refractivity contribution in [3.05, 3.63) is 58.6 Å². The quantitative estimate of drug-likeness (QED) is 0.390. The minimum absolute atomic E-state index is 0.0146. The van der Waals surface area contributed by atoms with Gasteiger partial charge in [-0.3, -0.25) is 0 Å². The minimum atomic E-state index is 0.0146. The van der Waals surface area contributed by atoms with Crippen LogP contribution < -0.4 is 5.73 Å². The van der Waals surface area contributed by atoms with E-state index in [9.17, 15) is 0 Å². The number of hydrogen-bond acceptors (Lipinski definition) is 3. The number of rotatable bonds is 3. The van der Waals surface area contributed by atoms with Crippen molar-refractivity contribution in [1.29, 1.82) is 0 Å². The van der Waals surface area contributed by atoms with Gasteiger partial charge in [0, 0.05) is 9.79 Å². The Bertz CT molecular complexity index is 629. The zero-order valence-corrected chi connectivity index (χ0v) is 11.9. The molecule has 0 saturated heterocycles. The number of nitrogens with two attached hydrogens (primary N) is 1. The molecule has 0 heterocycles. The van der Waals surface area contributed by atoms with Gasteiger partial charge in [-0.05, 0) is 31.2 Å². The molecule has 0 aliphatic rings. The molecule has 3 nitrogen and oxygen atoms in total. The Morgan fingerprint density at radius 3 is 2.68 bits per heavy atom. The lowest BCUT2D eigenvalue weighted by molar-refractivity contribution is 0.318. The van der Waals surface area contributed by atoms with Crippen molar-refractivity contribution in [1.82, 2.24) is 0 Å². The average Bonchev–Trinajstić information content (AvgIpc) is 2.38. The molecule has 0 aromatic heterocycles. The summed E-state index contributed by atoms with van der Waals surface area (Å²) in [6.07, 6.45) is 0. The van der Waals surface area contributed by atoms with Crippen LogP contribution in [0.1, 0.15) is 11.1 Å². The van der Waals surface area contributed by atoms with Crippen molar-refractivity contribution in [2.24, 2.45) is 10.9 Å². The summed E-state index contributed by atoms with van der Waals surface area (Å²) in [5.41, 5.74) is 7.41. The molecule has 0 fully saturated rings. The van der Waals surface area contributed by atoms with Crippen molar-refractivity contribution in [2.75, 3.05) is 0 Å². The molecule has 19 heavy (non-hydrogen) atoms. The third kappa shape index (κ3) is 3.22. The standard InChI is InChI=1S/C14H13ClN2OS/c1-9-4-2-5-10(8-9)19-12-7-3-6-11(15)13(12)14(16)17-18/h2-8,18H,1H3,(H2,16,17). The van der Waals surface area contributed by atoms with Crippen LogP contribution in [0.3, 0.4) is 0 Å². The lowest BCUT2D eigenvalue weighted by atomic mass is 10.2. The second-order valence-electron chi connectivity index (χ2n) is 4.02. The van der Waals surface area contributed by atoms with Gasteiger partial charge in [0.1, 0.15) is 0 Å². The van der Waals surface area contributed by atoms with Crippen LogP contribution in [-0.2, 0) is 0 Å². The van der Waals surface area contributed by atoms with E-state index in [4.69, 9.17) is 22.5 Å². The number of benzene rings is 2.